The van der Waals surface area contributed by atoms with Gasteiger partial charge in [-0.15, -0.1) is 0 Å². The lowest BCUT2D eigenvalue weighted by atomic mass is 9.70. The van der Waals surface area contributed by atoms with Crippen LogP contribution >= 0.6 is 23.2 Å². The number of nitrogens with zero attached hydrogens (tertiary/aromatic N) is 1. The van der Waals surface area contributed by atoms with E-state index in [1.54, 1.807) is 13.2 Å². The molecule has 0 fully saturated rings. The Kier molecular flexibility index (Phi) is 6.65. The van der Waals surface area contributed by atoms with E-state index in [-0.39, 0.29) is 11.6 Å². The smallest absolute Gasteiger partial charge is 0.162 e. The van der Waals surface area contributed by atoms with Gasteiger partial charge in [-0.2, -0.15) is 0 Å². The van der Waals surface area contributed by atoms with E-state index in [4.69, 9.17) is 32.7 Å². The van der Waals surface area contributed by atoms with Crippen molar-refractivity contribution >= 4 is 40.5 Å². The van der Waals surface area contributed by atoms with E-state index in [0.717, 1.165) is 42.8 Å². The van der Waals surface area contributed by atoms with Crippen molar-refractivity contribution in [2.75, 3.05) is 18.6 Å². The quantitative estimate of drug-likeness (QED) is 0.431. The van der Waals surface area contributed by atoms with Crippen molar-refractivity contribution in [2.24, 2.45) is 0 Å². The van der Waals surface area contributed by atoms with Crippen LogP contribution in [0.25, 0.3) is 0 Å². The van der Waals surface area contributed by atoms with Crippen LogP contribution in [0.3, 0.4) is 0 Å². The molecule has 5 nitrogen and oxygen atoms in total. The number of rotatable bonds is 5. The van der Waals surface area contributed by atoms with Crippen molar-refractivity contribution in [2.45, 2.75) is 51.4 Å². The van der Waals surface area contributed by atoms with Crippen molar-refractivity contribution in [3.05, 3.63) is 74.5 Å². The maximum atomic E-state index is 13.5. The number of ketones is 2. The van der Waals surface area contributed by atoms with Gasteiger partial charge in [-0.3, -0.25) is 9.59 Å². The maximum absolute atomic E-state index is 13.5. The second-order valence-corrected chi connectivity index (χ2v) is 9.77. The molecule has 7 heteroatoms. The molecule has 0 N–H and O–H groups in total. The van der Waals surface area contributed by atoms with Gasteiger partial charge in [-0.05, 0) is 56.4 Å². The van der Waals surface area contributed by atoms with Gasteiger partial charge >= 0.3 is 0 Å². The fourth-order valence-corrected chi connectivity index (χ4v) is 6.04. The zero-order chi connectivity index (χ0) is 24.7. The Morgan fingerprint density at radius 2 is 1.51 bits per heavy atom. The number of carbonyl (C=O) groups excluding carboxylic acids is 2. The number of hydrogen-bond donors (Lipinski definition) is 0. The first-order chi connectivity index (χ1) is 17.0. The molecule has 3 aliphatic rings. The standard InChI is InChI=1S/C28H27Cl2NO4/c1-3-35-25-15-18(30)16(14-24(25)34-2)26-27-20(10-6-12-22(27)32)31(19-9-5-4-8-17(19)29)21-11-7-13-23(33)28(21)26/h4-5,8-9,14-15,26H,3,6-7,10-13H2,1-2H3. The molecule has 0 unspecified atom stereocenters. The number of anilines is 1. The highest BCUT2D eigenvalue weighted by molar-refractivity contribution is 6.33. The minimum atomic E-state index is -0.545. The van der Waals surface area contributed by atoms with Gasteiger partial charge in [0.15, 0.2) is 23.1 Å². The first-order valence-electron chi connectivity index (χ1n) is 12.0. The molecule has 0 bridgehead atoms. The molecule has 0 spiro atoms. The molecule has 1 aliphatic heterocycles. The third-order valence-corrected chi connectivity index (χ3v) is 7.61. The van der Waals surface area contributed by atoms with Crippen molar-refractivity contribution in [3.8, 4) is 11.5 Å². The van der Waals surface area contributed by atoms with Gasteiger partial charge in [0.1, 0.15) is 0 Å². The predicted octanol–water partition coefficient (Wildman–Crippen LogP) is 7.02. The van der Waals surface area contributed by atoms with Crippen LogP contribution in [0.15, 0.2) is 58.9 Å². The normalized spacial score (nSPS) is 18.6. The summed E-state index contributed by atoms with van der Waals surface area (Å²) in [6, 6.07) is 11.1. The Labute approximate surface area is 215 Å². The zero-order valence-corrected chi connectivity index (χ0v) is 21.3. The van der Waals surface area contributed by atoms with Crippen LogP contribution in [0.5, 0.6) is 11.5 Å². The second kappa shape index (κ2) is 9.71. The molecule has 5 rings (SSSR count). The number of Topliss-reactive ketones (excluding diaryl/α,β-unsaturated/α-hetero) is 2. The third-order valence-electron chi connectivity index (χ3n) is 6.96. The summed E-state index contributed by atoms with van der Waals surface area (Å²) in [6.45, 7) is 2.35. The molecule has 0 radical (unpaired) electrons. The number of benzene rings is 2. The highest BCUT2D eigenvalue weighted by Gasteiger charge is 2.44. The fourth-order valence-electron chi connectivity index (χ4n) is 5.56. The largest absolute Gasteiger partial charge is 0.493 e. The number of para-hydroxylation sites is 1. The van der Waals surface area contributed by atoms with E-state index in [1.807, 2.05) is 37.3 Å². The van der Waals surface area contributed by atoms with Crippen molar-refractivity contribution in [1.29, 1.82) is 0 Å². The molecule has 35 heavy (non-hydrogen) atoms. The maximum Gasteiger partial charge on any atom is 0.162 e. The number of halogens is 2. The van der Waals surface area contributed by atoms with Crippen LogP contribution in [0.1, 0.15) is 56.9 Å². The molecule has 0 aromatic heterocycles. The number of ether oxygens (including phenoxy) is 2. The minimum absolute atomic E-state index is 0.0437. The average molecular weight is 512 g/mol. The van der Waals surface area contributed by atoms with Crippen molar-refractivity contribution in [3.63, 3.8) is 0 Å². The Hall–Kier alpha value is -2.76. The first-order valence-corrected chi connectivity index (χ1v) is 12.8. The SMILES string of the molecule is CCOc1cc(Cl)c(C2C3=C(CCCC3=O)N(c3ccccc3Cl)C3=C2C(=O)CCC3)cc1OC. The fraction of sp³-hybridized carbons (Fsp3) is 0.357. The molecule has 2 aromatic rings. The average Bonchev–Trinajstić information content (AvgIpc) is 2.84. The van der Waals surface area contributed by atoms with E-state index >= 15 is 0 Å². The molecule has 0 saturated carbocycles. The van der Waals surface area contributed by atoms with Crippen LogP contribution in [0, 0.1) is 0 Å². The van der Waals surface area contributed by atoms with Gasteiger partial charge in [0.05, 0.1) is 24.4 Å². The lowest BCUT2D eigenvalue weighted by Gasteiger charge is -2.44. The van der Waals surface area contributed by atoms with Crippen LogP contribution in [-0.4, -0.2) is 25.3 Å². The minimum Gasteiger partial charge on any atom is -0.493 e. The van der Waals surface area contributed by atoms with Gasteiger partial charge in [-0.1, -0.05) is 35.3 Å². The summed E-state index contributed by atoms with van der Waals surface area (Å²) in [7, 11) is 1.57. The molecule has 0 amide bonds. The molecule has 2 aromatic carbocycles. The van der Waals surface area contributed by atoms with Crippen molar-refractivity contribution in [1.82, 2.24) is 0 Å². The van der Waals surface area contributed by atoms with Crippen molar-refractivity contribution < 1.29 is 19.1 Å². The Morgan fingerprint density at radius 3 is 2.09 bits per heavy atom. The third kappa shape index (κ3) is 4.05. The zero-order valence-electron chi connectivity index (χ0n) is 19.8. The van der Waals surface area contributed by atoms with Crippen LogP contribution in [-0.2, 0) is 9.59 Å². The summed E-state index contributed by atoms with van der Waals surface area (Å²) in [5.41, 5.74) is 4.59. The van der Waals surface area contributed by atoms with E-state index < -0.39 is 5.92 Å². The summed E-state index contributed by atoms with van der Waals surface area (Å²) in [5.74, 6) is 0.599. The summed E-state index contributed by atoms with van der Waals surface area (Å²) < 4.78 is 11.3. The summed E-state index contributed by atoms with van der Waals surface area (Å²) in [6.07, 6.45) is 3.83. The highest BCUT2D eigenvalue weighted by atomic mass is 35.5. The van der Waals surface area contributed by atoms with Gasteiger partial charge in [-0.25, -0.2) is 0 Å². The van der Waals surface area contributed by atoms with E-state index in [9.17, 15) is 9.59 Å². The Morgan fingerprint density at radius 1 is 0.886 bits per heavy atom. The van der Waals surface area contributed by atoms with Crippen LogP contribution < -0.4 is 14.4 Å². The monoisotopic (exact) mass is 511 g/mol. The molecule has 2 aliphatic carbocycles. The Balaban J connectivity index is 1.80. The van der Waals surface area contributed by atoms with Crippen LogP contribution in [0.4, 0.5) is 5.69 Å². The van der Waals surface area contributed by atoms with E-state index in [2.05, 4.69) is 4.90 Å². The van der Waals surface area contributed by atoms with Gasteiger partial charge in [0.25, 0.3) is 0 Å². The predicted molar refractivity (Wildman–Crippen MR) is 138 cm³/mol. The summed E-state index contributed by atoms with van der Waals surface area (Å²) >= 11 is 13.5. The molecular formula is C28H27Cl2NO4. The summed E-state index contributed by atoms with van der Waals surface area (Å²) in [4.78, 5) is 29.2. The van der Waals surface area contributed by atoms with Gasteiger partial charge in [0.2, 0.25) is 0 Å². The molecule has 0 saturated heterocycles. The van der Waals surface area contributed by atoms with Crippen LogP contribution in [0.2, 0.25) is 10.0 Å². The molecule has 1 heterocycles. The lowest BCUT2D eigenvalue weighted by molar-refractivity contribution is -0.116. The number of methoxy groups -OCH3 is 1. The summed E-state index contributed by atoms with van der Waals surface area (Å²) in [5, 5.41) is 1.03. The van der Waals surface area contributed by atoms with E-state index in [1.165, 1.54) is 0 Å². The number of allylic oxidation sites excluding steroid dienone is 4. The topological polar surface area (TPSA) is 55.8 Å². The lowest BCUT2D eigenvalue weighted by Crippen LogP contribution is -2.39. The molecule has 0 atom stereocenters. The van der Waals surface area contributed by atoms with E-state index in [0.29, 0.717) is 57.7 Å². The van der Waals surface area contributed by atoms with Gasteiger partial charge < -0.3 is 14.4 Å². The molecule has 182 valence electrons. The highest BCUT2D eigenvalue weighted by Crippen LogP contribution is 2.53. The Bertz CT molecular complexity index is 1240. The van der Waals surface area contributed by atoms with Gasteiger partial charge in [0, 0.05) is 52.4 Å². The molecular weight excluding hydrogens is 485 g/mol. The number of carbonyl (C=O) groups is 2. The number of hydrogen-bond acceptors (Lipinski definition) is 5. The second-order valence-electron chi connectivity index (χ2n) is 8.95. The first kappa shape index (κ1) is 24.0.